The SMILES string of the molecule is c1ccc2c3c(ccc2c1)Cc1c2ccccc2nn1-3. The van der Waals surface area contributed by atoms with Gasteiger partial charge in [0.2, 0.25) is 0 Å². The molecule has 2 heteroatoms. The number of benzene rings is 3. The molecular weight excluding hydrogens is 244 g/mol. The highest BCUT2D eigenvalue weighted by atomic mass is 15.3. The maximum absolute atomic E-state index is 4.80. The van der Waals surface area contributed by atoms with E-state index in [2.05, 4.69) is 65.3 Å². The lowest BCUT2D eigenvalue weighted by Gasteiger charge is -2.06. The lowest BCUT2D eigenvalue weighted by atomic mass is 10.0. The van der Waals surface area contributed by atoms with Crippen LogP contribution in [-0.2, 0) is 6.42 Å². The quantitative estimate of drug-likeness (QED) is 0.408. The average Bonchev–Trinajstić information content (AvgIpc) is 3.03. The Hall–Kier alpha value is -2.61. The van der Waals surface area contributed by atoms with E-state index in [-0.39, 0.29) is 0 Å². The average molecular weight is 256 g/mol. The number of hydrogen-bond acceptors (Lipinski definition) is 1. The Morgan fingerprint density at radius 1 is 0.800 bits per heavy atom. The number of fused-ring (bicyclic) bond motifs is 7. The van der Waals surface area contributed by atoms with Crippen molar-refractivity contribution in [2.24, 2.45) is 0 Å². The first-order valence-corrected chi connectivity index (χ1v) is 6.89. The normalized spacial score (nSPS) is 12.8. The zero-order valence-electron chi connectivity index (χ0n) is 10.9. The maximum atomic E-state index is 4.80. The smallest absolute Gasteiger partial charge is 0.0930 e. The Morgan fingerprint density at radius 2 is 1.60 bits per heavy atom. The third-order valence-corrected chi connectivity index (χ3v) is 4.23. The van der Waals surface area contributed by atoms with E-state index < -0.39 is 0 Å². The van der Waals surface area contributed by atoms with Crippen LogP contribution in [0.25, 0.3) is 27.4 Å². The van der Waals surface area contributed by atoms with Crippen molar-refractivity contribution in [2.75, 3.05) is 0 Å². The molecule has 3 aromatic carbocycles. The van der Waals surface area contributed by atoms with Gasteiger partial charge in [-0.15, -0.1) is 0 Å². The zero-order chi connectivity index (χ0) is 13.1. The van der Waals surface area contributed by atoms with Crippen LogP contribution in [0.2, 0.25) is 0 Å². The van der Waals surface area contributed by atoms with Crippen molar-refractivity contribution in [1.82, 2.24) is 9.78 Å². The first-order chi connectivity index (χ1) is 9.92. The molecule has 0 saturated heterocycles. The van der Waals surface area contributed by atoms with Crippen LogP contribution >= 0.6 is 0 Å². The van der Waals surface area contributed by atoms with Gasteiger partial charge in [0.25, 0.3) is 0 Å². The van der Waals surface area contributed by atoms with Crippen LogP contribution in [0.3, 0.4) is 0 Å². The van der Waals surface area contributed by atoms with Gasteiger partial charge in [-0.25, -0.2) is 4.68 Å². The largest absolute Gasteiger partial charge is 0.235 e. The van der Waals surface area contributed by atoms with Gasteiger partial charge >= 0.3 is 0 Å². The van der Waals surface area contributed by atoms with Crippen LogP contribution in [0.1, 0.15) is 11.3 Å². The molecule has 0 saturated carbocycles. The van der Waals surface area contributed by atoms with E-state index in [0.717, 1.165) is 11.9 Å². The van der Waals surface area contributed by atoms with Gasteiger partial charge in [-0.1, -0.05) is 54.6 Å². The Balaban J connectivity index is 1.95. The number of nitrogens with zero attached hydrogens (tertiary/aromatic N) is 2. The molecule has 0 fully saturated rings. The Kier molecular flexibility index (Phi) is 1.78. The monoisotopic (exact) mass is 256 g/mol. The fraction of sp³-hybridized carbons (Fsp3) is 0.0556. The molecule has 1 aliphatic rings. The van der Waals surface area contributed by atoms with Gasteiger partial charge < -0.3 is 0 Å². The van der Waals surface area contributed by atoms with Crippen LogP contribution < -0.4 is 0 Å². The summed E-state index contributed by atoms with van der Waals surface area (Å²) in [4.78, 5) is 0. The van der Waals surface area contributed by atoms with Gasteiger partial charge in [-0.05, 0) is 17.0 Å². The standard InChI is InChI=1S/C18H12N2/c1-2-6-14-12(5-1)9-10-13-11-17-15-7-3-4-8-16(15)19-20(17)18(13)14/h1-10H,11H2. The molecule has 0 aliphatic carbocycles. The minimum absolute atomic E-state index is 0.973. The van der Waals surface area contributed by atoms with Gasteiger partial charge in [0, 0.05) is 17.2 Å². The molecule has 2 heterocycles. The third kappa shape index (κ3) is 1.16. The van der Waals surface area contributed by atoms with E-state index in [4.69, 9.17) is 5.10 Å². The van der Waals surface area contributed by atoms with Crippen LogP contribution in [0.15, 0.2) is 60.7 Å². The van der Waals surface area contributed by atoms with E-state index >= 15 is 0 Å². The molecule has 0 amide bonds. The van der Waals surface area contributed by atoms with Gasteiger partial charge in [-0.2, -0.15) is 5.10 Å². The molecule has 1 aromatic heterocycles. The lowest BCUT2D eigenvalue weighted by Crippen LogP contribution is -1.95. The van der Waals surface area contributed by atoms with Crippen LogP contribution in [-0.4, -0.2) is 9.78 Å². The Labute approximate surface area is 116 Å². The van der Waals surface area contributed by atoms with Crippen molar-refractivity contribution in [3.8, 4) is 5.69 Å². The summed E-state index contributed by atoms with van der Waals surface area (Å²) >= 11 is 0. The van der Waals surface area contributed by atoms with E-state index in [0.29, 0.717) is 0 Å². The Bertz CT molecular complexity index is 979. The fourth-order valence-corrected chi connectivity index (χ4v) is 3.32. The van der Waals surface area contributed by atoms with Crippen molar-refractivity contribution in [2.45, 2.75) is 6.42 Å². The highest BCUT2D eigenvalue weighted by molar-refractivity contribution is 5.94. The summed E-state index contributed by atoms with van der Waals surface area (Å²) in [6, 6.07) is 21.4. The first kappa shape index (κ1) is 10.2. The van der Waals surface area contributed by atoms with Crippen molar-refractivity contribution >= 4 is 21.7 Å². The van der Waals surface area contributed by atoms with Gasteiger partial charge in [0.1, 0.15) is 0 Å². The summed E-state index contributed by atoms with van der Waals surface area (Å²) in [6.07, 6.45) is 0.973. The second-order valence-corrected chi connectivity index (χ2v) is 5.35. The predicted octanol–water partition coefficient (Wildman–Crippen LogP) is 4.08. The minimum atomic E-state index is 0.973. The van der Waals surface area contributed by atoms with Crippen molar-refractivity contribution < 1.29 is 0 Å². The molecule has 4 aromatic rings. The maximum Gasteiger partial charge on any atom is 0.0930 e. The summed E-state index contributed by atoms with van der Waals surface area (Å²) in [6.45, 7) is 0. The van der Waals surface area contributed by atoms with Crippen molar-refractivity contribution in [1.29, 1.82) is 0 Å². The van der Waals surface area contributed by atoms with Gasteiger partial charge in [-0.3, -0.25) is 0 Å². The minimum Gasteiger partial charge on any atom is -0.235 e. The third-order valence-electron chi connectivity index (χ3n) is 4.23. The lowest BCUT2D eigenvalue weighted by molar-refractivity contribution is 0.891. The zero-order valence-corrected chi connectivity index (χ0v) is 10.9. The highest BCUT2D eigenvalue weighted by Crippen LogP contribution is 2.36. The predicted molar refractivity (Wildman–Crippen MR) is 81.4 cm³/mol. The van der Waals surface area contributed by atoms with Crippen LogP contribution in [0.5, 0.6) is 0 Å². The first-order valence-electron chi connectivity index (χ1n) is 6.89. The summed E-state index contributed by atoms with van der Waals surface area (Å²) in [5.74, 6) is 0. The summed E-state index contributed by atoms with van der Waals surface area (Å²) in [5, 5.41) is 8.64. The van der Waals surface area contributed by atoms with Crippen molar-refractivity contribution in [3.63, 3.8) is 0 Å². The van der Waals surface area contributed by atoms with Crippen LogP contribution in [0.4, 0.5) is 0 Å². The molecule has 20 heavy (non-hydrogen) atoms. The number of aromatic nitrogens is 2. The molecule has 0 bridgehead atoms. The summed E-state index contributed by atoms with van der Waals surface area (Å²) < 4.78 is 2.14. The Morgan fingerprint density at radius 3 is 2.55 bits per heavy atom. The molecule has 94 valence electrons. The molecule has 0 N–H and O–H groups in total. The molecule has 1 aliphatic heterocycles. The summed E-state index contributed by atoms with van der Waals surface area (Å²) in [5.41, 5.74) is 5.03. The molecule has 0 atom stereocenters. The highest BCUT2D eigenvalue weighted by Gasteiger charge is 2.23. The molecule has 0 unspecified atom stereocenters. The number of rotatable bonds is 0. The van der Waals surface area contributed by atoms with E-state index in [9.17, 15) is 0 Å². The molecule has 0 radical (unpaired) electrons. The fourth-order valence-electron chi connectivity index (χ4n) is 3.32. The van der Waals surface area contributed by atoms with Gasteiger partial charge in [0.05, 0.1) is 16.9 Å². The van der Waals surface area contributed by atoms with Gasteiger partial charge in [0.15, 0.2) is 0 Å². The van der Waals surface area contributed by atoms with E-state index in [1.54, 1.807) is 0 Å². The second-order valence-electron chi connectivity index (χ2n) is 5.35. The van der Waals surface area contributed by atoms with E-state index in [1.165, 1.54) is 33.1 Å². The molecule has 0 spiro atoms. The number of hydrogen-bond donors (Lipinski definition) is 0. The molecular formula is C18H12N2. The molecule has 2 nitrogen and oxygen atoms in total. The van der Waals surface area contributed by atoms with E-state index in [1.807, 2.05) is 0 Å². The second kappa shape index (κ2) is 3.48. The summed E-state index contributed by atoms with van der Waals surface area (Å²) in [7, 11) is 0. The van der Waals surface area contributed by atoms with Crippen molar-refractivity contribution in [3.05, 3.63) is 71.9 Å². The van der Waals surface area contributed by atoms with Crippen LogP contribution in [0, 0.1) is 0 Å². The topological polar surface area (TPSA) is 17.8 Å². The molecule has 5 rings (SSSR count).